The van der Waals surface area contributed by atoms with E-state index in [0.717, 1.165) is 0 Å². The fourth-order valence-corrected chi connectivity index (χ4v) is 0. The first kappa shape index (κ1) is 15.8. The molecule has 0 aliphatic rings. The monoisotopic (exact) mass is 228 g/mol. The maximum atomic E-state index is 10.1. The molecule has 0 amide bonds. The van der Waals surface area contributed by atoms with Crippen molar-refractivity contribution in [3.63, 3.8) is 0 Å². The van der Waals surface area contributed by atoms with E-state index in [-0.39, 0.29) is 5.48 Å². The fraction of sp³-hybridized carbons (Fsp3) is 0. The van der Waals surface area contributed by atoms with Crippen molar-refractivity contribution in [3.05, 3.63) is 0 Å². The Morgan fingerprint density at radius 3 is 1.00 bits per heavy atom. The molecule has 0 bridgehead atoms. The normalized spacial score (nSPS) is 4.00. The summed E-state index contributed by atoms with van der Waals surface area (Å²) in [5.74, 6) is 0. The zero-order valence-electron chi connectivity index (χ0n) is 2.74. The van der Waals surface area contributed by atoms with Gasteiger partial charge < -0.3 is 5.48 Å². The van der Waals surface area contributed by atoms with Crippen molar-refractivity contribution in [1.29, 1.82) is 0 Å². The summed E-state index contributed by atoms with van der Waals surface area (Å²) in [5, 5.41) is 0. The average Bonchev–Trinajstić information content (AvgIpc) is 1.39. The summed E-state index contributed by atoms with van der Waals surface area (Å²) >= 11 is -2.31. The van der Waals surface area contributed by atoms with E-state index in [1.807, 2.05) is 0 Å². The van der Waals surface area contributed by atoms with Crippen LogP contribution in [0.5, 0.6) is 0 Å². The predicted molar refractivity (Wildman–Crippen MR) is 14.6 cm³/mol. The van der Waals surface area contributed by atoms with E-state index in [1.54, 1.807) is 0 Å². The third kappa shape index (κ3) is 104. The van der Waals surface area contributed by atoms with Gasteiger partial charge in [0.05, 0.1) is 0 Å². The second-order valence-corrected chi connectivity index (χ2v) is 1.44. The van der Waals surface area contributed by atoms with Gasteiger partial charge in [-0.25, -0.2) is 0 Å². The Kier molecular flexibility index (Phi) is 58.6. The van der Waals surface area contributed by atoms with Crippen LogP contribution in [0.2, 0.25) is 0 Å². The molecule has 0 saturated heterocycles. The van der Waals surface area contributed by atoms with Crippen LogP contribution in [0.3, 0.4) is 0 Å². The molecule has 0 N–H and O–H groups in total. The van der Waals surface area contributed by atoms with Gasteiger partial charge in [0, 0.05) is 0 Å². The Morgan fingerprint density at radius 1 is 1.00 bits per heavy atom. The molecule has 0 aliphatic heterocycles. The predicted octanol–water partition coefficient (Wildman–Crippen LogP) is 2.10. The van der Waals surface area contributed by atoms with Gasteiger partial charge in [0.2, 0.25) is 0 Å². The number of halogens is 4. The summed E-state index contributed by atoms with van der Waals surface area (Å²) in [7, 11) is 8.79. The maximum Gasteiger partial charge on any atom is -2.00 e. The van der Waals surface area contributed by atoms with E-state index >= 15 is 0 Å². The summed E-state index contributed by atoms with van der Waals surface area (Å²) < 4.78 is 20.2. The van der Waals surface area contributed by atoms with Crippen molar-refractivity contribution in [1.82, 2.24) is 0 Å². The van der Waals surface area contributed by atoms with Gasteiger partial charge in [-0.3, -0.25) is 0 Å². The zero-order valence-corrected chi connectivity index (χ0v) is 6.80. The third-order valence-electron chi connectivity index (χ3n) is 0. The first-order valence-corrected chi connectivity index (χ1v) is 5.09. The van der Waals surface area contributed by atoms with E-state index in [9.17, 15) is 7.05 Å². The summed E-state index contributed by atoms with van der Waals surface area (Å²) in [6.45, 7) is 0. The minimum Gasteiger partial charge on any atom is -2.00 e. The van der Waals surface area contributed by atoms with Crippen molar-refractivity contribution in [2.24, 2.45) is 0 Å². The standard InChI is InChI=1S/2ClH.2Cr.2FH.O/h2*1H;;;2*1H;/q;;2*+3;;;-2/p-4. The van der Waals surface area contributed by atoms with E-state index < -0.39 is 29.5 Å². The van der Waals surface area contributed by atoms with Crippen LogP contribution in [-0.4, -0.2) is 0 Å². The third-order valence-corrected chi connectivity index (χ3v) is 0. The molecule has 0 aliphatic carbocycles. The summed E-state index contributed by atoms with van der Waals surface area (Å²) in [6.07, 6.45) is 0. The first-order valence-electron chi connectivity index (χ1n) is 0.617. The van der Waals surface area contributed by atoms with Gasteiger partial charge in [0.1, 0.15) is 0 Å². The number of hydrogen-bond acceptors (Lipinski definition) is 0. The van der Waals surface area contributed by atoms with Crippen LogP contribution in [0.1, 0.15) is 0 Å². The molecule has 1 nitrogen and oxygen atoms in total. The fourth-order valence-electron chi connectivity index (χ4n) is 0. The molecular formula is Cl2Cr2F2O. The molecule has 0 aromatic heterocycles. The van der Waals surface area contributed by atoms with Gasteiger partial charge in [-0.1, -0.05) is 0 Å². The molecule has 7 heteroatoms. The number of rotatable bonds is 0. The van der Waals surface area contributed by atoms with E-state index in [4.69, 9.17) is 0 Å². The van der Waals surface area contributed by atoms with Gasteiger partial charge in [-0.15, -0.1) is 0 Å². The Hall–Kier alpha value is 1.46. The molecule has 0 heterocycles. The van der Waals surface area contributed by atoms with Crippen LogP contribution in [0.25, 0.3) is 0 Å². The van der Waals surface area contributed by atoms with E-state index in [0.29, 0.717) is 0 Å². The van der Waals surface area contributed by atoms with Crippen LogP contribution in [-0.2, 0) is 35.0 Å². The Labute approximate surface area is 62.1 Å². The molecule has 0 radical (unpaired) electrons. The second kappa shape index (κ2) is 26.0. The summed E-state index contributed by atoms with van der Waals surface area (Å²) in [6, 6.07) is 0. The minimum atomic E-state index is -1.15. The van der Waals surface area contributed by atoms with Crippen molar-refractivity contribution < 1.29 is 42.0 Å². The van der Waals surface area contributed by atoms with Gasteiger partial charge in [0.15, 0.2) is 0 Å². The van der Waals surface area contributed by atoms with E-state index in [1.165, 1.54) is 0 Å². The van der Waals surface area contributed by atoms with Gasteiger partial charge in [0.25, 0.3) is 0 Å². The summed E-state index contributed by atoms with van der Waals surface area (Å²) in [5.41, 5.74) is 0. The van der Waals surface area contributed by atoms with Crippen molar-refractivity contribution >= 4 is 20.1 Å². The molecule has 0 aromatic rings. The minimum absolute atomic E-state index is 0. The Morgan fingerprint density at radius 2 is 1.00 bits per heavy atom. The molecule has 0 aromatic carbocycles. The zero-order chi connectivity index (χ0) is 5.41. The van der Waals surface area contributed by atoms with E-state index in [2.05, 4.69) is 20.1 Å². The van der Waals surface area contributed by atoms with Gasteiger partial charge >= 0.3 is 56.7 Å². The molecule has 0 rings (SSSR count). The molecule has 0 spiro atoms. The molecule has 0 unspecified atom stereocenters. The van der Waals surface area contributed by atoms with Crippen LogP contribution >= 0.6 is 20.1 Å². The van der Waals surface area contributed by atoms with Crippen LogP contribution in [0, 0.1) is 0 Å². The first-order chi connectivity index (χ1) is 2.83. The van der Waals surface area contributed by atoms with Gasteiger partial charge in [-0.05, 0) is 0 Å². The molecular weight excluding hydrogens is 229 g/mol. The van der Waals surface area contributed by atoms with Crippen LogP contribution in [0.4, 0.5) is 7.05 Å². The summed E-state index contributed by atoms with van der Waals surface area (Å²) in [4.78, 5) is 0. The average molecular weight is 229 g/mol. The van der Waals surface area contributed by atoms with Crippen molar-refractivity contribution in [2.45, 2.75) is 0 Å². The molecule has 0 fully saturated rings. The molecule has 7 heavy (non-hydrogen) atoms. The van der Waals surface area contributed by atoms with Crippen molar-refractivity contribution in [2.75, 3.05) is 0 Å². The maximum absolute atomic E-state index is 10.1. The van der Waals surface area contributed by atoms with Crippen LogP contribution in [0.15, 0.2) is 0 Å². The van der Waals surface area contributed by atoms with Crippen molar-refractivity contribution in [3.8, 4) is 0 Å². The quantitative estimate of drug-likeness (QED) is 0.608. The number of hydrogen-bond donors (Lipinski definition) is 0. The molecule has 0 atom stereocenters. The topological polar surface area (TPSA) is 28.5 Å². The smallest absolute Gasteiger partial charge is 2.00 e. The van der Waals surface area contributed by atoms with Gasteiger partial charge in [-0.2, -0.15) is 0 Å². The molecule has 46 valence electrons. The second-order valence-electron chi connectivity index (χ2n) is 0.117. The Bertz CT molecular complexity index is 15.7. The largest absolute Gasteiger partial charge is 2.00 e. The molecule has 0 saturated carbocycles. The Balaban J connectivity index is -0.0000000400. The SMILES string of the molecule is [F][Cr+][Cl].[F][Cr+][Cl].[O-2]. The van der Waals surface area contributed by atoms with Crippen LogP contribution < -0.4 is 0 Å².